The minimum absolute atomic E-state index is 0.134. The van der Waals surface area contributed by atoms with Gasteiger partial charge in [0.25, 0.3) is 0 Å². The number of ether oxygens (including phenoxy) is 1. The SMILES string of the molecule is COCc1nc(N2CCCC2=O)ccc1-c1ccc(Cl)cc1. The molecule has 3 rings (SSSR count). The Kier molecular flexibility index (Phi) is 4.41. The van der Waals surface area contributed by atoms with Crippen LogP contribution in [0.25, 0.3) is 11.1 Å². The third kappa shape index (κ3) is 2.98. The number of methoxy groups -OCH3 is 1. The van der Waals surface area contributed by atoms with Crippen LogP contribution in [-0.2, 0) is 16.1 Å². The van der Waals surface area contributed by atoms with E-state index in [1.54, 1.807) is 12.0 Å². The molecule has 2 heterocycles. The number of benzene rings is 1. The zero-order valence-electron chi connectivity index (χ0n) is 12.4. The molecular formula is C17H17ClN2O2. The Morgan fingerprint density at radius 2 is 2.00 bits per heavy atom. The monoisotopic (exact) mass is 316 g/mol. The lowest BCUT2D eigenvalue weighted by molar-refractivity contribution is -0.117. The van der Waals surface area contributed by atoms with Crippen LogP contribution in [0, 0.1) is 0 Å². The maximum absolute atomic E-state index is 11.9. The number of hydrogen-bond acceptors (Lipinski definition) is 3. The molecule has 0 atom stereocenters. The number of aromatic nitrogens is 1. The normalized spacial score (nSPS) is 14.6. The minimum Gasteiger partial charge on any atom is -0.378 e. The molecule has 1 aliphatic heterocycles. The summed E-state index contributed by atoms with van der Waals surface area (Å²) in [5.74, 6) is 0.836. The molecule has 0 bridgehead atoms. The second-order valence-electron chi connectivity index (χ2n) is 5.25. The van der Waals surface area contributed by atoms with Gasteiger partial charge in [0.2, 0.25) is 5.91 Å². The van der Waals surface area contributed by atoms with Crippen LogP contribution in [0.5, 0.6) is 0 Å². The van der Waals surface area contributed by atoms with Crippen molar-refractivity contribution in [1.29, 1.82) is 0 Å². The molecule has 0 spiro atoms. The molecule has 22 heavy (non-hydrogen) atoms. The summed E-state index contributed by atoms with van der Waals surface area (Å²) in [4.78, 5) is 18.3. The molecule has 1 aromatic carbocycles. The summed E-state index contributed by atoms with van der Waals surface area (Å²) in [6.45, 7) is 1.13. The molecule has 0 aliphatic carbocycles. The standard InChI is InChI=1S/C17H17ClN2O2/c1-22-11-15-14(12-4-6-13(18)7-5-12)8-9-16(19-15)20-10-2-3-17(20)21/h4-9H,2-3,10-11H2,1H3. The predicted octanol–water partition coefficient (Wildman–Crippen LogP) is 3.68. The lowest BCUT2D eigenvalue weighted by Gasteiger charge is -2.17. The van der Waals surface area contributed by atoms with Gasteiger partial charge in [-0.2, -0.15) is 0 Å². The van der Waals surface area contributed by atoms with Crippen LogP contribution in [-0.4, -0.2) is 24.5 Å². The fourth-order valence-electron chi connectivity index (χ4n) is 2.67. The van der Waals surface area contributed by atoms with Gasteiger partial charge in [0.15, 0.2) is 0 Å². The summed E-state index contributed by atoms with van der Waals surface area (Å²) in [6.07, 6.45) is 1.49. The number of halogens is 1. The number of hydrogen-bond donors (Lipinski definition) is 0. The molecule has 0 radical (unpaired) electrons. The van der Waals surface area contributed by atoms with Crippen molar-refractivity contribution >= 4 is 23.3 Å². The Bertz CT molecular complexity index is 686. The van der Waals surface area contributed by atoms with E-state index in [1.807, 2.05) is 36.4 Å². The Morgan fingerprint density at radius 3 is 2.64 bits per heavy atom. The summed E-state index contributed by atoms with van der Waals surface area (Å²) in [5, 5.41) is 0.698. The Labute approximate surface area is 134 Å². The van der Waals surface area contributed by atoms with Crippen LogP contribution in [0.3, 0.4) is 0 Å². The van der Waals surface area contributed by atoms with E-state index in [0.717, 1.165) is 29.8 Å². The zero-order valence-corrected chi connectivity index (χ0v) is 13.1. The van der Waals surface area contributed by atoms with Crippen LogP contribution in [0.2, 0.25) is 5.02 Å². The molecule has 0 N–H and O–H groups in total. The molecule has 1 aromatic heterocycles. The van der Waals surface area contributed by atoms with Crippen LogP contribution in [0.4, 0.5) is 5.82 Å². The Balaban J connectivity index is 2.00. The fourth-order valence-corrected chi connectivity index (χ4v) is 2.80. The number of amides is 1. The van der Waals surface area contributed by atoms with Crippen molar-refractivity contribution in [3.05, 3.63) is 47.1 Å². The molecule has 2 aromatic rings. The van der Waals surface area contributed by atoms with Gasteiger partial charge in [-0.25, -0.2) is 4.98 Å². The van der Waals surface area contributed by atoms with E-state index in [9.17, 15) is 4.79 Å². The van der Waals surface area contributed by atoms with E-state index in [2.05, 4.69) is 4.98 Å². The number of carbonyl (C=O) groups excluding carboxylic acids is 1. The first-order valence-electron chi connectivity index (χ1n) is 7.24. The quantitative estimate of drug-likeness (QED) is 0.864. The van der Waals surface area contributed by atoms with Gasteiger partial charge in [-0.05, 0) is 36.2 Å². The van der Waals surface area contributed by atoms with Crippen LogP contribution < -0.4 is 4.90 Å². The van der Waals surface area contributed by atoms with Crippen molar-refractivity contribution < 1.29 is 9.53 Å². The first-order chi connectivity index (χ1) is 10.7. The van der Waals surface area contributed by atoms with Gasteiger partial charge in [-0.3, -0.25) is 9.69 Å². The smallest absolute Gasteiger partial charge is 0.228 e. The van der Waals surface area contributed by atoms with Gasteiger partial charge in [-0.15, -0.1) is 0 Å². The third-order valence-electron chi connectivity index (χ3n) is 3.75. The Morgan fingerprint density at radius 1 is 1.23 bits per heavy atom. The molecule has 1 fully saturated rings. The second-order valence-corrected chi connectivity index (χ2v) is 5.69. The zero-order chi connectivity index (χ0) is 15.5. The van der Waals surface area contributed by atoms with E-state index in [0.29, 0.717) is 23.9 Å². The molecule has 0 unspecified atom stereocenters. The summed E-state index contributed by atoms with van der Waals surface area (Å²) >= 11 is 5.94. The van der Waals surface area contributed by atoms with Crippen molar-refractivity contribution in [2.24, 2.45) is 0 Å². The predicted molar refractivity (Wildman–Crippen MR) is 87.0 cm³/mol. The van der Waals surface area contributed by atoms with Gasteiger partial charge < -0.3 is 4.74 Å². The van der Waals surface area contributed by atoms with Gasteiger partial charge in [0.1, 0.15) is 5.82 Å². The highest BCUT2D eigenvalue weighted by Gasteiger charge is 2.23. The van der Waals surface area contributed by atoms with Crippen molar-refractivity contribution in [2.75, 3.05) is 18.6 Å². The first kappa shape index (κ1) is 15.0. The maximum atomic E-state index is 11.9. The topological polar surface area (TPSA) is 42.4 Å². The van der Waals surface area contributed by atoms with E-state index in [4.69, 9.17) is 16.3 Å². The van der Waals surface area contributed by atoms with Crippen LogP contribution in [0.15, 0.2) is 36.4 Å². The summed E-state index contributed by atoms with van der Waals surface area (Å²) in [7, 11) is 1.64. The molecule has 1 saturated heterocycles. The summed E-state index contributed by atoms with van der Waals surface area (Å²) in [6, 6.07) is 11.5. The van der Waals surface area contributed by atoms with Crippen LogP contribution in [0.1, 0.15) is 18.5 Å². The first-order valence-corrected chi connectivity index (χ1v) is 7.62. The van der Waals surface area contributed by atoms with E-state index in [-0.39, 0.29) is 5.91 Å². The lowest BCUT2D eigenvalue weighted by atomic mass is 10.0. The average Bonchev–Trinajstić information content (AvgIpc) is 2.95. The maximum Gasteiger partial charge on any atom is 0.228 e. The van der Waals surface area contributed by atoms with Crippen molar-refractivity contribution in [1.82, 2.24) is 4.98 Å². The molecule has 5 heteroatoms. The molecule has 0 saturated carbocycles. The molecule has 4 nitrogen and oxygen atoms in total. The molecular weight excluding hydrogens is 300 g/mol. The summed E-state index contributed by atoms with van der Waals surface area (Å²) in [5.41, 5.74) is 2.85. The van der Waals surface area contributed by atoms with Gasteiger partial charge in [0, 0.05) is 30.7 Å². The van der Waals surface area contributed by atoms with Gasteiger partial charge in [0.05, 0.1) is 12.3 Å². The molecule has 114 valence electrons. The molecule has 1 amide bonds. The highest BCUT2D eigenvalue weighted by Crippen LogP contribution is 2.28. The third-order valence-corrected chi connectivity index (χ3v) is 4.00. The van der Waals surface area contributed by atoms with E-state index < -0.39 is 0 Å². The average molecular weight is 317 g/mol. The second kappa shape index (κ2) is 6.46. The Hall–Kier alpha value is -1.91. The van der Waals surface area contributed by atoms with Crippen LogP contribution >= 0.6 is 11.6 Å². The number of rotatable bonds is 4. The summed E-state index contributed by atoms with van der Waals surface area (Å²) < 4.78 is 5.27. The largest absolute Gasteiger partial charge is 0.378 e. The molecule has 1 aliphatic rings. The van der Waals surface area contributed by atoms with Crippen molar-refractivity contribution in [3.63, 3.8) is 0 Å². The van der Waals surface area contributed by atoms with E-state index in [1.165, 1.54) is 0 Å². The van der Waals surface area contributed by atoms with Crippen molar-refractivity contribution in [3.8, 4) is 11.1 Å². The fraction of sp³-hybridized carbons (Fsp3) is 0.294. The number of anilines is 1. The van der Waals surface area contributed by atoms with E-state index >= 15 is 0 Å². The lowest BCUT2D eigenvalue weighted by Crippen LogP contribution is -2.25. The van der Waals surface area contributed by atoms with Gasteiger partial charge >= 0.3 is 0 Å². The number of nitrogens with zero attached hydrogens (tertiary/aromatic N) is 2. The van der Waals surface area contributed by atoms with Crippen molar-refractivity contribution in [2.45, 2.75) is 19.4 Å². The minimum atomic E-state index is 0.134. The van der Waals surface area contributed by atoms with Gasteiger partial charge in [-0.1, -0.05) is 23.7 Å². The number of carbonyl (C=O) groups is 1. The highest BCUT2D eigenvalue weighted by atomic mass is 35.5. The number of pyridine rings is 1. The highest BCUT2D eigenvalue weighted by molar-refractivity contribution is 6.30.